The minimum atomic E-state index is -4.99. The Hall–Kier alpha value is -0.880. The smallest absolute Gasteiger partial charge is 0.267 e. The van der Waals surface area contributed by atoms with Gasteiger partial charge >= 0.3 is 0 Å². The van der Waals surface area contributed by atoms with Gasteiger partial charge in [0.25, 0.3) is 10.1 Å². The molecule has 0 radical (unpaired) electrons. The van der Waals surface area contributed by atoms with Crippen LogP contribution in [0.15, 0.2) is 12.7 Å². The van der Waals surface area contributed by atoms with Crippen molar-refractivity contribution in [3.63, 3.8) is 0 Å². The van der Waals surface area contributed by atoms with Gasteiger partial charge in [-0.25, -0.2) is 26.3 Å². The molecule has 0 aromatic rings. The Kier molecular flexibility index (Phi) is 13.2. The fraction of sp³-hybridized carbons (Fsp3) is 0.833. The predicted octanol–water partition coefficient (Wildman–Crippen LogP) is 2.39. The molecule has 0 spiro atoms. The average molecular weight is 391 g/mol. The summed E-state index contributed by atoms with van der Waals surface area (Å²) in [6, 6.07) is 0. The summed E-state index contributed by atoms with van der Waals surface area (Å²) in [6.45, 7) is 2.58. The SMILES string of the molecule is C=CCN.O=S(=O)(O)CC(F)C(F)C(F)C(F)C(F)C(F)CCF. The molecule has 0 saturated carbocycles. The second-order valence-corrected chi connectivity index (χ2v) is 6.06. The van der Waals surface area contributed by atoms with E-state index < -0.39 is 66.0 Å². The number of alkyl halides is 7. The van der Waals surface area contributed by atoms with Crippen molar-refractivity contribution >= 4 is 10.1 Å². The number of hydrogen-bond donors (Lipinski definition) is 2. The first-order valence-corrected chi connectivity index (χ1v) is 8.20. The van der Waals surface area contributed by atoms with E-state index >= 15 is 0 Å². The van der Waals surface area contributed by atoms with E-state index in [-0.39, 0.29) is 0 Å². The van der Waals surface area contributed by atoms with Crippen LogP contribution in [0.5, 0.6) is 0 Å². The first kappa shape index (κ1) is 25.4. The highest BCUT2D eigenvalue weighted by Crippen LogP contribution is 2.25. The highest BCUT2D eigenvalue weighted by Gasteiger charge is 2.44. The van der Waals surface area contributed by atoms with E-state index in [9.17, 15) is 39.2 Å². The Morgan fingerprint density at radius 2 is 1.33 bits per heavy atom. The lowest BCUT2D eigenvalue weighted by atomic mass is 10.0. The summed E-state index contributed by atoms with van der Waals surface area (Å²) in [5.41, 5.74) is 4.91. The molecule has 0 rings (SSSR count). The third-order valence-electron chi connectivity index (χ3n) is 2.53. The first-order valence-electron chi connectivity index (χ1n) is 6.59. The maximum Gasteiger partial charge on any atom is 0.267 e. The first-order chi connectivity index (χ1) is 10.9. The molecule has 0 amide bonds. The summed E-state index contributed by atoms with van der Waals surface area (Å²) < 4.78 is 118. The average Bonchev–Trinajstić information content (AvgIpc) is 2.50. The minimum absolute atomic E-state index is 0.583. The lowest BCUT2D eigenvalue weighted by Gasteiger charge is -2.23. The molecule has 0 aromatic heterocycles. The van der Waals surface area contributed by atoms with Crippen LogP contribution in [0.1, 0.15) is 6.42 Å². The highest BCUT2D eigenvalue weighted by molar-refractivity contribution is 7.85. The molecule has 146 valence electrons. The van der Waals surface area contributed by atoms with Crippen LogP contribution in [0.25, 0.3) is 0 Å². The summed E-state index contributed by atoms with van der Waals surface area (Å²) in [4.78, 5) is 0. The van der Waals surface area contributed by atoms with E-state index in [4.69, 9.17) is 10.3 Å². The maximum absolute atomic E-state index is 13.1. The van der Waals surface area contributed by atoms with Gasteiger partial charge in [-0.3, -0.25) is 8.94 Å². The van der Waals surface area contributed by atoms with Crippen LogP contribution in [0.4, 0.5) is 30.7 Å². The molecular formula is C12H20F7NO3S. The molecule has 0 saturated heterocycles. The van der Waals surface area contributed by atoms with Gasteiger partial charge in [0, 0.05) is 13.0 Å². The molecule has 0 fully saturated rings. The van der Waals surface area contributed by atoms with Crippen molar-refractivity contribution in [1.29, 1.82) is 0 Å². The van der Waals surface area contributed by atoms with Crippen molar-refractivity contribution in [2.45, 2.75) is 43.5 Å². The van der Waals surface area contributed by atoms with Gasteiger partial charge in [0.1, 0.15) is 11.9 Å². The molecule has 6 unspecified atom stereocenters. The van der Waals surface area contributed by atoms with Crippen molar-refractivity contribution in [2.75, 3.05) is 19.0 Å². The van der Waals surface area contributed by atoms with Crippen LogP contribution in [0.3, 0.4) is 0 Å². The fourth-order valence-corrected chi connectivity index (χ4v) is 1.89. The van der Waals surface area contributed by atoms with Crippen molar-refractivity contribution in [3.05, 3.63) is 12.7 Å². The van der Waals surface area contributed by atoms with Gasteiger partial charge in [-0.05, 0) is 0 Å². The Morgan fingerprint density at radius 1 is 0.958 bits per heavy atom. The Bertz CT molecular complexity index is 440. The monoisotopic (exact) mass is 391 g/mol. The van der Waals surface area contributed by atoms with Gasteiger partial charge in [0.2, 0.25) is 0 Å². The summed E-state index contributed by atoms with van der Waals surface area (Å²) in [5.74, 6) is -1.86. The third-order valence-corrected chi connectivity index (χ3v) is 3.26. The normalized spacial score (nSPS) is 19.2. The van der Waals surface area contributed by atoms with E-state index in [0.717, 1.165) is 0 Å². The zero-order valence-electron chi connectivity index (χ0n) is 12.5. The van der Waals surface area contributed by atoms with Crippen molar-refractivity contribution in [2.24, 2.45) is 5.73 Å². The second kappa shape index (κ2) is 12.5. The molecule has 3 N–H and O–H groups in total. The molecule has 12 heteroatoms. The van der Waals surface area contributed by atoms with Gasteiger partial charge in [-0.1, -0.05) is 6.08 Å². The largest absolute Gasteiger partial charge is 0.327 e. The van der Waals surface area contributed by atoms with Crippen LogP contribution in [-0.2, 0) is 10.1 Å². The number of halogens is 7. The van der Waals surface area contributed by atoms with Gasteiger partial charge in [-0.15, -0.1) is 6.58 Å². The van der Waals surface area contributed by atoms with Crippen LogP contribution >= 0.6 is 0 Å². The molecule has 0 bridgehead atoms. The number of hydrogen-bond acceptors (Lipinski definition) is 3. The van der Waals surface area contributed by atoms with Gasteiger partial charge in [0.15, 0.2) is 30.9 Å². The lowest BCUT2D eigenvalue weighted by molar-refractivity contribution is -0.0188. The molecule has 24 heavy (non-hydrogen) atoms. The van der Waals surface area contributed by atoms with E-state index in [2.05, 4.69) is 6.58 Å². The standard InChI is InChI=1S/C9H13F7O3S.C3H7N/c10-2-1-4(11)6(13)8(15)9(16)7(14)5(12)3-20(17,18)19;1-2-3-4/h4-9H,1-3H2,(H,17,18,19);2H,1,3-4H2. The summed E-state index contributed by atoms with van der Waals surface area (Å²) in [7, 11) is -4.99. The van der Waals surface area contributed by atoms with Crippen LogP contribution in [-0.4, -0.2) is 69.0 Å². The lowest BCUT2D eigenvalue weighted by Crippen LogP contribution is -2.44. The third kappa shape index (κ3) is 10.8. The summed E-state index contributed by atoms with van der Waals surface area (Å²) in [5, 5.41) is 0. The van der Waals surface area contributed by atoms with Crippen molar-refractivity contribution < 1.29 is 43.7 Å². The predicted molar refractivity (Wildman–Crippen MR) is 75.6 cm³/mol. The van der Waals surface area contributed by atoms with Crippen molar-refractivity contribution in [1.82, 2.24) is 0 Å². The van der Waals surface area contributed by atoms with E-state index in [1.807, 2.05) is 0 Å². The minimum Gasteiger partial charge on any atom is -0.327 e. The zero-order valence-corrected chi connectivity index (χ0v) is 13.3. The zero-order chi connectivity index (χ0) is 19.5. The van der Waals surface area contributed by atoms with Gasteiger partial charge in [-0.2, -0.15) is 8.42 Å². The quantitative estimate of drug-likeness (QED) is 0.341. The Morgan fingerprint density at radius 3 is 1.62 bits per heavy atom. The fourth-order valence-electron chi connectivity index (χ4n) is 1.31. The molecule has 0 heterocycles. The van der Waals surface area contributed by atoms with Crippen LogP contribution < -0.4 is 5.73 Å². The number of rotatable bonds is 10. The molecule has 6 atom stereocenters. The molecule has 0 aliphatic carbocycles. The van der Waals surface area contributed by atoms with Gasteiger partial charge in [0.05, 0.1) is 6.67 Å². The molecule has 0 aliphatic rings. The van der Waals surface area contributed by atoms with E-state index in [1.54, 1.807) is 6.08 Å². The van der Waals surface area contributed by atoms with Crippen molar-refractivity contribution in [3.8, 4) is 0 Å². The molecule has 0 aromatic carbocycles. The molecule has 0 aliphatic heterocycles. The van der Waals surface area contributed by atoms with E-state index in [0.29, 0.717) is 6.54 Å². The Labute approximate surface area is 135 Å². The maximum atomic E-state index is 13.1. The van der Waals surface area contributed by atoms with Crippen LogP contribution in [0, 0.1) is 0 Å². The highest BCUT2D eigenvalue weighted by atomic mass is 32.2. The summed E-state index contributed by atoms with van der Waals surface area (Å²) >= 11 is 0. The second-order valence-electron chi connectivity index (χ2n) is 4.56. The molecular weight excluding hydrogens is 371 g/mol. The van der Waals surface area contributed by atoms with Crippen LogP contribution in [0.2, 0.25) is 0 Å². The van der Waals surface area contributed by atoms with Gasteiger partial charge < -0.3 is 5.73 Å². The molecule has 4 nitrogen and oxygen atoms in total. The topological polar surface area (TPSA) is 80.4 Å². The summed E-state index contributed by atoms with van der Waals surface area (Å²) in [6.07, 6.45) is -18.9. The Balaban J connectivity index is 0. The number of nitrogens with two attached hydrogens (primary N) is 1. The van der Waals surface area contributed by atoms with E-state index in [1.165, 1.54) is 0 Å².